The summed E-state index contributed by atoms with van der Waals surface area (Å²) in [6.45, 7) is 30.9. The number of benzene rings is 4. The molecule has 4 aromatic carbocycles. The summed E-state index contributed by atoms with van der Waals surface area (Å²) in [6, 6.07) is 37.0. The van der Waals surface area contributed by atoms with Gasteiger partial charge in [0.2, 0.25) is 0 Å². The van der Waals surface area contributed by atoms with Gasteiger partial charge in [0.05, 0.1) is 43.4 Å². The number of carbonyl (C=O) groups is 8. The van der Waals surface area contributed by atoms with Crippen molar-refractivity contribution >= 4 is 48.9 Å². The fourth-order valence-electron chi connectivity index (χ4n) is 9.76. The summed E-state index contributed by atoms with van der Waals surface area (Å²) < 4.78 is 50.1. The number of nitrogens with one attached hydrogen (secondary N) is 2. The van der Waals surface area contributed by atoms with Gasteiger partial charge in [-0.3, -0.25) is 0 Å². The normalized spacial score (nSPS) is 19.0. The van der Waals surface area contributed by atoms with Gasteiger partial charge in [0.25, 0.3) is 0 Å². The van der Waals surface area contributed by atoms with Crippen molar-refractivity contribution in [2.45, 2.75) is 254 Å². The average molecular weight is 1560 g/mol. The van der Waals surface area contributed by atoms with Gasteiger partial charge in [-0.05, 0) is 130 Å². The zero-order valence-electron chi connectivity index (χ0n) is 61.7. The Bertz CT molecular complexity index is 2950. The van der Waals surface area contributed by atoms with Gasteiger partial charge in [-0.1, -0.05) is 195 Å². The number of carbonyl (C=O) groups excluding carboxylic acids is 8. The summed E-state index contributed by atoms with van der Waals surface area (Å²) in [5.74, 6) is 0.487. The number of hydrogen-bond donors (Lipinski definition) is 6. The summed E-state index contributed by atoms with van der Waals surface area (Å²) in [6.07, 6.45) is -3.74. The third-order valence-electron chi connectivity index (χ3n) is 14.9. The van der Waals surface area contributed by atoms with E-state index in [1.165, 1.54) is 22.6 Å². The number of ether oxygens (including phenoxy) is 10. The highest BCUT2D eigenvalue weighted by Crippen LogP contribution is 2.21. The number of nitrogens with two attached hydrogens (primary N) is 2. The molecule has 6 amide bonds. The van der Waals surface area contributed by atoms with Gasteiger partial charge in [0.1, 0.15) is 48.8 Å². The van der Waals surface area contributed by atoms with Crippen molar-refractivity contribution in [1.29, 1.82) is 0 Å². The fraction of sp³-hybridized carbons (Fsp3) is 0.610. The molecule has 0 spiro atoms. The molecule has 8 atom stereocenters. The number of aliphatic hydroxyl groups excluding tert-OH is 2. The largest absolute Gasteiger partial charge is 0.519 e. The van der Waals surface area contributed by atoms with E-state index in [0.717, 1.165) is 35.5 Å². The lowest BCUT2D eigenvalue weighted by Gasteiger charge is -2.23. The van der Waals surface area contributed by atoms with E-state index in [9.17, 15) is 48.6 Å². The van der Waals surface area contributed by atoms with Crippen LogP contribution in [0.1, 0.15) is 191 Å². The number of rotatable bonds is 10. The van der Waals surface area contributed by atoms with Gasteiger partial charge >= 0.3 is 48.9 Å². The quantitative estimate of drug-likeness (QED) is 0.0488. The van der Waals surface area contributed by atoms with Gasteiger partial charge in [-0.2, -0.15) is 0 Å². The minimum atomic E-state index is -1.06. The van der Waals surface area contributed by atoms with E-state index >= 15 is 0 Å². The van der Waals surface area contributed by atoms with Crippen LogP contribution in [0.5, 0.6) is 0 Å². The van der Waals surface area contributed by atoms with Gasteiger partial charge in [0.15, 0.2) is 0 Å². The molecule has 110 heavy (non-hydrogen) atoms. The number of β-amino-alcohol motifs (C(OH)–C–C–N with tert-alkyl or cyclic N) is 2. The molecule has 5 heterocycles. The first-order chi connectivity index (χ1) is 47.8. The van der Waals surface area contributed by atoms with Crippen molar-refractivity contribution in [2.24, 2.45) is 23.3 Å². The molecule has 28 nitrogen and oxygen atoms in total. The van der Waals surface area contributed by atoms with Crippen LogP contribution in [0.25, 0.3) is 0 Å². The van der Waals surface area contributed by atoms with Gasteiger partial charge < -0.3 is 99.3 Å². The van der Waals surface area contributed by atoms with Crippen LogP contribution >= 0.6 is 0 Å². The molecule has 8 N–H and O–H groups in total. The number of aliphatic hydroxyl groups is 2. The predicted molar refractivity (Wildman–Crippen MR) is 433 cm³/mol. The third-order valence-corrected chi connectivity index (χ3v) is 14.9. The predicted octanol–water partition coefficient (Wildman–Crippen LogP) is 15.7. The molecule has 9 rings (SSSR count). The van der Waals surface area contributed by atoms with Crippen molar-refractivity contribution < 1.29 is 95.9 Å². The molecule has 28 heteroatoms. The van der Waals surface area contributed by atoms with Crippen LogP contribution < -0.4 is 22.1 Å². The zero-order chi connectivity index (χ0) is 75.8. The highest BCUT2D eigenvalue weighted by molar-refractivity contribution is 5.77. The Hall–Kier alpha value is -8.96. The molecule has 0 aromatic heterocycles. The first-order valence-corrected chi connectivity index (χ1v) is 34.2. The van der Waals surface area contributed by atoms with Crippen LogP contribution in [-0.2, 0) is 73.8 Å². The molecule has 0 radical (unpaired) electrons. The lowest BCUT2D eigenvalue weighted by molar-refractivity contribution is -0.0295. The summed E-state index contributed by atoms with van der Waals surface area (Å²) in [7, 11) is 0. The topological polar surface area (TPSA) is 358 Å². The zero-order valence-corrected chi connectivity index (χ0v) is 61.7. The van der Waals surface area contributed by atoms with E-state index in [4.69, 9.17) is 54.1 Å². The number of likely N-dealkylation sites (tertiary alicyclic amines) is 4. The number of amides is 6. The Morgan fingerprint density at radius 2 is 0.655 bits per heavy atom. The molecule has 0 saturated carbocycles. The highest BCUT2D eigenvalue weighted by atomic mass is 16.8. The maximum absolute atomic E-state index is 12.2. The van der Waals surface area contributed by atoms with Crippen LogP contribution in [0, 0.1) is 11.8 Å². The van der Waals surface area contributed by atoms with E-state index in [2.05, 4.69) is 22.3 Å². The van der Waals surface area contributed by atoms with E-state index in [0.29, 0.717) is 45.2 Å². The van der Waals surface area contributed by atoms with Crippen LogP contribution in [0.2, 0.25) is 0 Å². The summed E-state index contributed by atoms with van der Waals surface area (Å²) in [5.41, 5.74) is 12.7. The summed E-state index contributed by atoms with van der Waals surface area (Å²) in [5, 5.41) is 24.9. The van der Waals surface area contributed by atoms with Crippen LogP contribution in [0.3, 0.4) is 0 Å². The fourth-order valence-corrected chi connectivity index (χ4v) is 9.76. The Kier molecular flexibility index (Phi) is 53.6. The molecule has 5 aliphatic rings. The highest BCUT2D eigenvalue weighted by Gasteiger charge is 2.38. The van der Waals surface area contributed by atoms with Crippen molar-refractivity contribution in [3.63, 3.8) is 0 Å². The minimum absolute atomic E-state index is 0. The number of hydrogen-bond acceptors (Lipinski definition) is 22. The standard InChI is InChI=1S/C18H26N2O4.C17H24N2O5.C13H18N2O2.C12H16N2O3.C10H18O5.C4H8O.8CH4/c1-13-10-20(11-15(13)19-16(21)24-18(2,3)4)17(22)23-12-14-8-6-5-7-9-14;1-17(2,3)24-15(21)18-13-9-19(10-14(13)20)16(22)23-11-12-7-5-4-6-8-12;1-10-7-15(8-12(10)14)13(16)17-9-11-5-3-2-4-6-11;13-10-6-14(7-11(10)15)12(16)17-8-9-4-2-1-3-5-9;1-9(2,3)14-7(11)13-8(12)15-10(4,5)6;1-2-4-5-3-1;;;;;;;;/h5-9,13,15H,10-12H2,1-4H3,(H,19,21);4-8,13-14,20H,9-11H2,1-3H3,(H,18,21);2-6,10,12H,7-9,14H2,1H3;1-5,10-11,15H,6-8,13H2;1-6H3;1-4H2;8*1H4/t13-,15-;13-,14-;10-,12-;10-,11-;;;;;;;;;;/m0000........../s1. The second-order valence-corrected chi connectivity index (χ2v) is 29.1. The van der Waals surface area contributed by atoms with Crippen LogP contribution in [-0.4, -0.2) is 203 Å². The average Bonchev–Trinajstić information content (AvgIpc) is 1.70. The molecule has 0 aliphatic carbocycles. The van der Waals surface area contributed by atoms with Crippen molar-refractivity contribution in [3.8, 4) is 0 Å². The minimum Gasteiger partial charge on any atom is -0.445 e. The van der Waals surface area contributed by atoms with Gasteiger partial charge in [-0.15, -0.1) is 0 Å². The molecule has 0 unspecified atom stereocenters. The van der Waals surface area contributed by atoms with Crippen molar-refractivity contribution in [1.82, 2.24) is 30.2 Å². The van der Waals surface area contributed by atoms with Crippen molar-refractivity contribution in [2.75, 3.05) is 65.6 Å². The smallest absolute Gasteiger partial charge is 0.445 e. The molecular formula is C82H142N8O20. The lowest BCUT2D eigenvalue weighted by Crippen LogP contribution is -2.45. The third kappa shape index (κ3) is 45.9. The molecular weight excluding hydrogens is 1420 g/mol. The molecule has 5 saturated heterocycles. The van der Waals surface area contributed by atoms with E-state index in [-0.39, 0.29) is 135 Å². The number of nitrogens with zero attached hydrogens (tertiary/aromatic N) is 4. The Morgan fingerprint density at radius 1 is 0.382 bits per heavy atom. The first kappa shape index (κ1) is 110. The monoisotopic (exact) mass is 1560 g/mol. The lowest BCUT2D eigenvalue weighted by atomic mass is 10.1. The number of alkyl carbamates (subject to hydrolysis) is 2. The maximum Gasteiger partial charge on any atom is 0.519 e. The molecule has 0 bridgehead atoms. The molecule has 630 valence electrons. The molecule has 4 aromatic rings. The summed E-state index contributed by atoms with van der Waals surface area (Å²) in [4.78, 5) is 99.4. The van der Waals surface area contributed by atoms with E-state index in [1.807, 2.05) is 149 Å². The Balaban J connectivity index is -0.000000407. The Morgan fingerprint density at radius 3 is 0.936 bits per heavy atom. The van der Waals surface area contributed by atoms with Crippen LogP contribution in [0.15, 0.2) is 121 Å². The van der Waals surface area contributed by atoms with E-state index < -0.39 is 77.3 Å². The second kappa shape index (κ2) is 53.8. The van der Waals surface area contributed by atoms with Gasteiger partial charge in [0, 0.05) is 58.5 Å². The van der Waals surface area contributed by atoms with Gasteiger partial charge in [-0.25, -0.2) is 38.4 Å². The first-order valence-electron chi connectivity index (χ1n) is 34.2. The second-order valence-electron chi connectivity index (χ2n) is 29.1. The SMILES string of the molecule is C.C.C.C.C.C.C.C.C1CCOC1.CC(C)(C)OC(=O)N[C@H]1CN(C(=O)OCc2ccccc2)C[C@@H]1O.CC(C)(C)OC(=O)OC(=O)OC(C)(C)C.C[C@H]1CN(C(=O)OCc2ccccc2)C[C@@H]1N.C[C@H]1CN(C(=O)OCc2ccccc2)C[C@@H]1NC(=O)OC(C)(C)C.N[C@H]1CN(C(=O)OCc2ccccc2)C[C@@H]1O. The molecule has 5 aliphatic heterocycles. The summed E-state index contributed by atoms with van der Waals surface area (Å²) >= 11 is 0. The molecule has 5 fully saturated rings. The Labute approximate surface area is 659 Å². The van der Waals surface area contributed by atoms with Crippen LogP contribution in [0.4, 0.5) is 38.4 Å². The van der Waals surface area contributed by atoms with E-state index in [1.54, 1.807) is 72.1 Å². The maximum atomic E-state index is 12.2. The van der Waals surface area contributed by atoms with Crippen molar-refractivity contribution in [3.05, 3.63) is 144 Å².